The van der Waals surface area contributed by atoms with Gasteiger partial charge in [0.2, 0.25) is 0 Å². The summed E-state index contributed by atoms with van der Waals surface area (Å²) in [6.07, 6.45) is 2.40. The molecule has 0 aromatic heterocycles. The van der Waals surface area contributed by atoms with Gasteiger partial charge in [-0.3, -0.25) is 4.90 Å². The minimum atomic E-state index is 0. The molecule has 2 atom stereocenters. The second-order valence-electron chi connectivity index (χ2n) is 5.20. The maximum absolute atomic E-state index is 5.93. The van der Waals surface area contributed by atoms with E-state index in [1.807, 2.05) is 12.1 Å². The molecule has 6 heteroatoms. The van der Waals surface area contributed by atoms with Gasteiger partial charge in [0.1, 0.15) is 5.75 Å². The van der Waals surface area contributed by atoms with Crippen molar-refractivity contribution in [2.75, 3.05) is 27.3 Å². The van der Waals surface area contributed by atoms with Crippen molar-refractivity contribution < 1.29 is 9.47 Å². The maximum atomic E-state index is 5.93. The first-order valence-electron chi connectivity index (χ1n) is 6.97. The van der Waals surface area contributed by atoms with Gasteiger partial charge in [-0.2, -0.15) is 0 Å². The minimum absolute atomic E-state index is 0. The molecule has 2 N–H and O–H groups in total. The zero-order chi connectivity index (χ0) is 14.5. The van der Waals surface area contributed by atoms with Crippen molar-refractivity contribution in [3.05, 3.63) is 28.2 Å². The molecule has 0 amide bonds. The van der Waals surface area contributed by atoms with Crippen molar-refractivity contribution in [2.45, 2.75) is 31.5 Å². The highest BCUT2D eigenvalue weighted by molar-refractivity contribution is 9.10. The molecule has 1 aliphatic heterocycles. The quantitative estimate of drug-likeness (QED) is 0.854. The molecule has 1 aromatic carbocycles. The summed E-state index contributed by atoms with van der Waals surface area (Å²) in [4.78, 5) is 2.43. The van der Waals surface area contributed by atoms with E-state index in [1.165, 1.54) is 5.56 Å². The van der Waals surface area contributed by atoms with E-state index in [4.69, 9.17) is 15.2 Å². The molecule has 0 bridgehead atoms. The van der Waals surface area contributed by atoms with Crippen LogP contribution in [0.15, 0.2) is 22.7 Å². The highest BCUT2D eigenvalue weighted by Gasteiger charge is 2.28. The number of nitrogens with zero attached hydrogens (tertiary/aromatic N) is 1. The van der Waals surface area contributed by atoms with Gasteiger partial charge in [0.15, 0.2) is 0 Å². The summed E-state index contributed by atoms with van der Waals surface area (Å²) in [6.45, 7) is 2.53. The molecule has 1 saturated heterocycles. The highest BCUT2D eigenvalue weighted by atomic mass is 79.9. The van der Waals surface area contributed by atoms with Crippen molar-refractivity contribution in [3.8, 4) is 5.75 Å². The third-order valence-electron chi connectivity index (χ3n) is 4.01. The summed E-state index contributed by atoms with van der Waals surface area (Å²) in [5, 5.41) is 0. The molecule has 1 aromatic rings. The fraction of sp³-hybridized carbons (Fsp3) is 0.600. The number of methoxy groups -OCH3 is 2. The van der Waals surface area contributed by atoms with Gasteiger partial charge in [-0.05, 0) is 31.0 Å². The zero-order valence-electron chi connectivity index (χ0n) is 12.5. The number of likely N-dealkylation sites (tertiary alicyclic amines) is 1. The van der Waals surface area contributed by atoms with E-state index < -0.39 is 0 Å². The molecule has 2 rings (SSSR count). The fourth-order valence-electron chi connectivity index (χ4n) is 2.82. The summed E-state index contributed by atoms with van der Waals surface area (Å²) in [6, 6.07) is 6.49. The minimum Gasteiger partial charge on any atom is -0.496 e. The van der Waals surface area contributed by atoms with Crippen LogP contribution >= 0.6 is 28.3 Å². The van der Waals surface area contributed by atoms with Crippen LogP contribution in [0, 0.1) is 0 Å². The van der Waals surface area contributed by atoms with Crippen molar-refractivity contribution in [1.29, 1.82) is 0 Å². The van der Waals surface area contributed by atoms with Gasteiger partial charge >= 0.3 is 0 Å². The van der Waals surface area contributed by atoms with Crippen LogP contribution in [-0.4, -0.2) is 44.4 Å². The van der Waals surface area contributed by atoms with E-state index >= 15 is 0 Å². The van der Waals surface area contributed by atoms with E-state index in [0.717, 1.165) is 36.2 Å². The lowest BCUT2D eigenvalue weighted by Crippen LogP contribution is -2.48. The zero-order valence-corrected chi connectivity index (χ0v) is 15.0. The Balaban J connectivity index is 0.00000220. The van der Waals surface area contributed by atoms with Gasteiger partial charge < -0.3 is 15.2 Å². The Kier molecular flexibility index (Phi) is 7.98. The van der Waals surface area contributed by atoms with Crippen LogP contribution in [0.5, 0.6) is 5.75 Å². The summed E-state index contributed by atoms with van der Waals surface area (Å²) < 4.78 is 12.0. The van der Waals surface area contributed by atoms with E-state index in [2.05, 4.69) is 26.9 Å². The molecule has 1 aliphatic rings. The number of rotatable bonds is 5. The number of hydrogen-bond donors (Lipinski definition) is 1. The van der Waals surface area contributed by atoms with E-state index in [-0.39, 0.29) is 12.4 Å². The van der Waals surface area contributed by atoms with Crippen molar-refractivity contribution in [1.82, 2.24) is 4.90 Å². The normalized spacial score (nSPS) is 22.7. The Hall–Kier alpha value is -0.330. The van der Waals surface area contributed by atoms with Gasteiger partial charge in [-0.25, -0.2) is 0 Å². The predicted octanol–water partition coefficient (Wildman–Crippen LogP) is 2.82. The molecule has 0 saturated carbocycles. The van der Waals surface area contributed by atoms with Crippen LogP contribution in [0.2, 0.25) is 0 Å². The van der Waals surface area contributed by atoms with Crippen molar-refractivity contribution >= 4 is 28.3 Å². The van der Waals surface area contributed by atoms with E-state index in [9.17, 15) is 0 Å². The molecule has 1 fully saturated rings. The molecule has 4 nitrogen and oxygen atoms in total. The van der Waals surface area contributed by atoms with Gasteiger partial charge in [-0.1, -0.05) is 15.9 Å². The molecular weight excluding hydrogens is 356 g/mol. The summed E-state index contributed by atoms with van der Waals surface area (Å²) in [7, 11) is 3.50. The Morgan fingerprint density at radius 2 is 2.14 bits per heavy atom. The first-order valence-corrected chi connectivity index (χ1v) is 7.76. The summed E-state index contributed by atoms with van der Waals surface area (Å²) >= 11 is 3.52. The number of hydrogen-bond acceptors (Lipinski definition) is 4. The molecule has 21 heavy (non-hydrogen) atoms. The first-order chi connectivity index (χ1) is 9.67. The second kappa shape index (κ2) is 8.96. The van der Waals surface area contributed by atoms with Crippen molar-refractivity contribution in [2.24, 2.45) is 5.73 Å². The van der Waals surface area contributed by atoms with Gasteiger partial charge in [0.05, 0.1) is 13.2 Å². The van der Waals surface area contributed by atoms with Crippen molar-refractivity contribution in [3.63, 3.8) is 0 Å². The molecule has 0 spiro atoms. The van der Waals surface area contributed by atoms with E-state index in [1.54, 1.807) is 14.2 Å². The van der Waals surface area contributed by atoms with Gasteiger partial charge in [-0.15, -0.1) is 12.4 Å². The average Bonchev–Trinajstić information content (AvgIpc) is 2.48. The van der Waals surface area contributed by atoms with Crippen LogP contribution in [0.4, 0.5) is 0 Å². The van der Waals surface area contributed by atoms with Crippen LogP contribution in [-0.2, 0) is 11.3 Å². The van der Waals surface area contributed by atoms with Gasteiger partial charge in [0.25, 0.3) is 0 Å². The van der Waals surface area contributed by atoms with Crippen LogP contribution in [0.25, 0.3) is 0 Å². The molecule has 1 heterocycles. The Bertz CT molecular complexity index is 448. The summed E-state index contributed by atoms with van der Waals surface area (Å²) in [5.41, 5.74) is 7.12. The topological polar surface area (TPSA) is 47.7 Å². The number of benzene rings is 1. The lowest BCUT2D eigenvalue weighted by Gasteiger charge is -2.38. The molecule has 0 radical (unpaired) electrons. The third kappa shape index (κ3) is 4.83. The molecular formula is C15H24BrClN2O2. The Morgan fingerprint density at radius 3 is 2.76 bits per heavy atom. The van der Waals surface area contributed by atoms with E-state index in [0.29, 0.717) is 18.7 Å². The number of halogens is 2. The lowest BCUT2D eigenvalue weighted by molar-refractivity contribution is 0.00999. The second-order valence-corrected chi connectivity index (χ2v) is 6.11. The largest absolute Gasteiger partial charge is 0.496 e. The monoisotopic (exact) mass is 378 g/mol. The number of nitrogens with two attached hydrogens (primary N) is 1. The summed E-state index contributed by atoms with van der Waals surface area (Å²) in [5.74, 6) is 0.929. The molecule has 120 valence electrons. The smallest absolute Gasteiger partial charge is 0.123 e. The Morgan fingerprint density at radius 1 is 1.38 bits per heavy atom. The SMILES string of the molecule is COc1ccc(Br)cc1CN1CCC(OC)CC1CN.Cl. The van der Waals surface area contributed by atoms with Crippen LogP contribution in [0.3, 0.4) is 0 Å². The van der Waals surface area contributed by atoms with Crippen LogP contribution in [0.1, 0.15) is 18.4 Å². The Labute approximate surface area is 141 Å². The van der Waals surface area contributed by atoms with Crippen LogP contribution < -0.4 is 10.5 Å². The number of piperidine rings is 1. The molecule has 2 unspecified atom stereocenters. The molecule has 0 aliphatic carbocycles. The van der Waals surface area contributed by atoms with Gasteiger partial charge in [0, 0.05) is 42.8 Å². The fourth-order valence-corrected chi connectivity index (χ4v) is 3.23. The third-order valence-corrected chi connectivity index (χ3v) is 4.50. The average molecular weight is 380 g/mol. The standard InChI is InChI=1S/C15H23BrN2O2.ClH/c1-19-14-5-6-18(13(8-14)9-17)10-11-7-12(16)3-4-15(11)20-2;/h3-4,7,13-14H,5-6,8-10,17H2,1-2H3;1H. The lowest BCUT2D eigenvalue weighted by atomic mass is 9.98. The first kappa shape index (κ1) is 18.7. The number of ether oxygens (including phenoxy) is 2. The highest BCUT2D eigenvalue weighted by Crippen LogP contribution is 2.27. The predicted molar refractivity (Wildman–Crippen MR) is 91.2 cm³/mol. The maximum Gasteiger partial charge on any atom is 0.123 e.